The summed E-state index contributed by atoms with van der Waals surface area (Å²) in [7, 11) is -2.37. The number of rotatable bonds is 25. The number of ether oxygens (including phenoxy) is 6. The molecule has 0 aromatic heterocycles. The Labute approximate surface area is 748 Å². The molecule has 0 fully saturated rings. The number of aromatic hydroxyl groups is 6. The fourth-order valence-electron chi connectivity index (χ4n) is 14.7. The first kappa shape index (κ1) is 91.5. The van der Waals surface area contributed by atoms with Gasteiger partial charge in [-0.1, -0.05) is 126 Å². The molecule has 6 N–H and O–H groups in total. The van der Waals surface area contributed by atoms with E-state index in [-0.39, 0.29) is 68.7 Å². The number of phenolic OH excluding ortho intramolecular Hbond substituents is 6. The number of benzene rings is 15. The van der Waals surface area contributed by atoms with Gasteiger partial charge in [0.2, 0.25) is 28.0 Å². The van der Waals surface area contributed by atoms with Gasteiger partial charge in [-0.15, -0.1) is 0 Å². The van der Waals surface area contributed by atoms with Gasteiger partial charge in [-0.3, -0.25) is 19.2 Å². The predicted octanol–water partition coefficient (Wildman–Crippen LogP) is 23.2. The predicted molar refractivity (Wildman–Crippen MR) is 503 cm³/mol. The molecule has 19 nitrogen and oxygen atoms in total. The van der Waals surface area contributed by atoms with Gasteiger partial charge in [0.25, 0.3) is 0 Å². The van der Waals surface area contributed by atoms with Gasteiger partial charge >= 0.3 is 19.7 Å². The molecule has 15 aromatic carbocycles. The quantitative estimate of drug-likeness (QED) is 0.0134. The fourth-order valence-corrected chi connectivity index (χ4v) is 16.2. The van der Waals surface area contributed by atoms with Crippen LogP contribution in [0.4, 0.5) is 0 Å². The highest BCUT2D eigenvalue weighted by Gasteiger charge is 2.40. The van der Waals surface area contributed by atoms with E-state index < -0.39 is 53.7 Å². The molecule has 1 unspecified atom stereocenters. The van der Waals surface area contributed by atoms with Crippen LogP contribution in [-0.2, 0) is 17.4 Å². The van der Waals surface area contributed by atoms with Crippen LogP contribution in [0.3, 0.4) is 0 Å². The van der Waals surface area contributed by atoms with E-state index in [1.54, 1.807) is 302 Å². The number of phenols is 6. The zero-order valence-corrected chi connectivity index (χ0v) is 74.5. The summed E-state index contributed by atoms with van der Waals surface area (Å²) >= 11 is 0. The van der Waals surface area contributed by atoms with Crippen molar-refractivity contribution in [2.45, 2.75) is 125 Å². The molecule has 1 atom stereocenters. The van der Waals surface area contributed by atoms with Gasteiger partial charge in [0.05, 0.1) is 11.1 Å². The Kier molecular flexibility index (Phi) is 27.2. The van der Waals surface area contributed by atoms with Crippen molar-refractivity contribution in [3.63, 3.8) is 0 Å². The summed E-state index contributed by atoms with van der Waals surface area (Å²) in [4.78, 5) is 78.8. The van der Waals surface area contributed by atoms with E-state index in [2.05, 4.69) is 6.07 Å². The zero-order chi connectivity index (χ0) is 92.6. The third-order valence-corrected chi connectivity index (χ3v) is 23.4. The molecule has 15 aromatic rings. The average molecular weight is 1740 g/mol. The lowest BCUT2D eigenvalue weighted by Gasteiger charge is -2.27. The molecule has 0 amide bonds. The Bertz CT molecular complexity index is 6850. The van der Waals surface area contributed by atoms with Crippen LogP contribution in [0.15, 0.2) is 297 Å². The minimum absolute atomic E-state index is 0.0402. The van der Waals surface area contributed by atoms with Crippen LogP contribution in [0.1, 0.15) is 170 Å². The zero-order valence-electron chi connectivity index (χ0n) is 73.6. The SMILES string of the molecule is CC(=O)c1ccc(OC(C)(C)C(=O)c2ccc3cc(OC(=O)c4ccc5cc(O)ccc5c4)ccc3c2)cc1.CC(C)(C)Oc1ccc(OC(C)(C)C(=O)c2cccc(C(=O)C(C)(C)Oc3ccc(OC(=O)c4ccc5cc(O)ccc5c4)cc3)c2)c([P+](=O)c2ccccc2-c2ccccc2O)c1.Cc1ccc(Cc2cc(Cc3cccc(O)c3C)cc(O)c2C)cc1O. The van der Waals surface area contributed by atoms with Crippen molar-refractivity contribution in [3.05, 3.63) is 370 Å². The Hall–Kier alpha value is -15.2. The molecule has 0 saturated heterocycles. The maximum Gasteiger partial charge on any atom is 0.420 e. The molecular weight excluding hydrogens is 1640 g/mol. The standard InChI is InChI=1S/C53H47O10P.C33H26O6.C23H24O3/c1-51(2,3)61-41-27-28-45(47(32-41)64(59)46-18-11-9-16-43(46)42-15-8-10-17-44(42)55)63-53(6,7)49(57)36-14-12-13-35(30-36)48(56)52(4,5)62-40-25-23-39(24-26-40)60-50(58)37-20-19-34-31-38(54)22-21-33(34)29-37;1-20(34)21-9-13-29(14-10-21)39-33(2,3)31(36)26-6-4-25-19-30(15-11-23(25)16-26)38-32(37)27-7-5-24-18-28(35)12-8-22(24)17-27;1-14-7-8-17(12-22(14)25)9-20-11-18(13-23(26)16(20)3)10-19-5-4-6-21(24)15(19)2/h8-32H,1-7H3,(H-,54,55,58,59);4-19,35H,1-3H3;4-8,11-13,24-26H,9-10H2,1-3H3/p+1. The van der Waals surface area contributed by atoms with Crippen molar-refractivity contribution in [2.75, 3.05) is 0 Å². The number of esters is 2. The Morgan fingerprint density at radius 3 is 1.32 bits per heavy atom. The highest BCUT2D eigenvalue weighted by molar-refractivity contribution is 7.62. The van der Waals surface area contributed by atoms with Crippen molar-refractivity contribution in [1.29, 1.82) is 0 Å². The van der Waals surface area contributed by atoms with Gasteiger partial charge in [0.15, 0.2) is 28.3 Å². The average Bonchev–Trinajstić information content (AvgIpc) is 0.788. The fraction of sp³-hybridized carbons (Fsp3) is 0.174. The molecule has 0 saturated carbocycles. The number of ketones is 4. The monoisotopic (exact) mass is 1740 g/mol. The Balaban J connectivity index is 0.000000184. The summed E-state index contributed by atoms with van der Waals surface area (Å²) in [5.41, 5.74) is 5.36. The minimum atomic E-state index is -2.37. The number of hydrogen-bond donors (Lipinski definition) is 6. The number of aryl methyl sites for hydroxylation is 1. The smallest absolute Gasteiger partial charge is 0.420 e. The van der Waals surface area contributed by atoms with Crippen LogP contribution in [0.2, 0.25) is 0 Å². The lowest BCUT2D eigenvalue weighted by Crippen LogP contribution is -2.40. The van der Waals surface area contributed by atoms with Crippen LogP contribution in [0.25, 0.3) is 43.4 Å². The molecule has 0 bridgehead atoms. The highest BCUT2D eigenvalue weighted by atomic mass is 31.1. The number of hydrogen-bond acceptors (Lipinski definition) is 19. The number of para-hydroxylation sites is 1. The molecule has 15 rings (SSSR count). The molecule has 20 heteroatoms. The number of carbonyl (C=O) groups excluding carboxylic acids is 6. The highest BCUT2D eigenvalue weighted by Crippen LogP contribution is 2.40. The van der Waals surface area contributed by atoms with E-state index in [1.807, 2.05) is 65.8 Å². The molecule has 0 heterocycles. The molecular formula is C109H98O19P+. The first-order valence-corrected chi connectivity index (χ1v) is 43.0. The maximum absolute atomic E-state index is 14.7. The second-order valence-electron chi connectivity index (χ2n) is 34.1. The summed E-state index contributed by atoms with van der Waals surface area (Å²) in [6, 6.07) is 83.9. The molecule has 0 radical (unpaired) electrons. The normalized spacial score (nSPS) is 11.6. The van der Waals surface area contributed by atoms with Gasteiger partial charge in [-0.05, 0) is 344 Å². The van der Waals surface area contributed by atoms with Crippen molar-refractivity contribution in [2.24, 2.45) is 0 Å². The summed E-state index contributed by atoms with van der Waals surface area (Å²) in [5.74, 6) is 1.22. The van der Waals surface area contributed by atoms with E-state index in [0.29, 0.717) is 79.8 Å². The van der Waals surface area contributed by atoms with Crippen molar-refractivity contribution < 1.29 is 92.4 Å². The van der Waals surface area contributed by atoms with E-state index >= 15 is 0 Å². The van der Waals surface area contributed by atoms with Crippen LogP contribution in [-0.4, -0.2) is 88.1 Å². The first-order chi connectivity index (χ1) is 61.2. The van der Waals surface area contributed by atoms with E-state index in [4.69, 9.17) is 28.4 Å². The van der Waals surface area contributed by atoms with Crippen LogP contribution in [0.5, 0.6) is 69.0 Å². The van der Waals surface area contributed by atoms with E-state index in [0.717, 1.165) is 71.3 Å². The maximum atomic E-state index is 14.7. The van der Waals surface area contributed by atoms with Crippen molar-refractivity contribution in [1.82, 2.24) is 0 Å². The van der Waals surface area contributed by atoms with Crippen molar-refractivity contribution >= 4 is 85.8 Å². The Morgan fingerprint density at radius 2 is 0.744 bits per heavy atom. The third-order valence-electron chi connectivity index (χ3n) is 21.8. The molecule has 652 valence electrons. The number of carbonyl (C=O) groups is 6. The number of fused-ring (bicyclic) bond motifs is 3. The van der Waals surface area contributed by atoms with Gasteiger partial charge in [0.1, 0.15) is 68.8 Å². The summed E-state index contributed by atoms with van der Waals surface area (Å²) in [6.07, 6.45) is 1.28. The van der Waals surface area contributed by atoms with Crippen molar-refractivity contribution in [3.8, 4) is 80.1 Å². The molecule has 0 spiro atoms. The second kappa shape index (κ2) is 38.3. The topological polar surface area (TPSA) is 296 Å². The lowest BCUT2D eigenvalue weighted by molar-refractivity contribution is 0.0577. The summed E-state index contributed by atoms with van der Waals surface area (Å²) in [6.45, 7) is 22.7. The van der Waals surface area contributed by atoms with E-state index in [1.165, 1.54) is 13.0 Å². The largest absolute Gasteiger partial charge is 0.508 e. The summed E-state index contributed by atoms with van der Waals surface area (Å²) in [5, 5.41) is 65.9. The molecule has 0 aliphatic carbocycles. The van der Waals surface area contributed by atoms with E-state index in [9.17, 15) is 64.0 Å². The Morgan fingerprint density at radius 1 is 0.310 bits per heavy atom. The first-order valence-electron chi connectivity index (χ1n) is 41.7. The summed E-state index contributed by atoms with van der Waals surface area (Å²) < 4.78 is 50.6. The molecule has 0 aliphatic heterocycles. The van der Waals surface area contributed by atoms with Crippen LogP contribution in [0, 0.1) is 20.8 Å². The number of Topliss-reactive ketones (excluding diaryl/α,β-unsaturated/α-hetero) is 4. The molecule has 0 aliphatic rings. The third kappa shape index (κ3) is 22.4. The van der Waals surface area contributed by atoms with Crippen LogP contribution < -0.4 is 39.0 Å². The lowest BCUT2D eigenvalue weighted by atomic mass is 9.91. The minimum Gasteiger partial charge on any atom is -0.508 e. The van der Waals surface area contributed by atoms with Gasteiger partial charge in [0, 0.05) is 39.4 Å². The van der Waals surface area contributed by atoms with Gasteiger partial charge in [-0.25, -0.2) is 9.59 Å². The van der Waals surface area contributed by atoms with Gasteiger partial charge < -0.3 is 59.1 Å². The second-order valence-corrected chi connectivity index (χ2v) is 35.6. The van der Waals surface area contributed by atoms with Crippen LogP contribution >= 0.6 is 7.80 Å². The van der Waals surface area contributed by atoms with Gasteiger partial charge in [-0.2, -0.15) is 0 Å². The molecule has 129 heavy (non-hydrogen) atoms.